The summed E-state index contributed by atoms with van der Waals surface area (Å²) in [4.78, 5) is 19.3. The first-order valence-electron chi connectivity index (χ1n) is 11.9. The molecule has 0 atom stereocenters. The van der Waals surface area contributed by atoms with Gasteiger partial charge < -0.3 is 15.5 Å². The van der Waals surface area contributed by atoms with Gasteiger partial charge in [0.05, 0.1) is 6.54 Å². The second kappa shape index (κ2) is 12.7. The van der Waals surface area contributed by atoms with Gasteiger partial charge in [0.15, 0.2) is 5.96 Å². The van der Waals surface area contributed by atoms with E-state index in [0.29, 0.717) is 12.3 Å². The first kappa shape index (κ1) is 25.9. The van der Waals surface area contributed by atoms with Gasteiger partial charge >= 0.3 is 0 Å². The summed E-state index contributed by atoms with van der Waals surface area (Å²) in [6.07, 6.45) is 9.16. The number of piperidine rings is 1. The molecule has 1 aliphatic carbocycles. The number of likely N-dealkylation sites (tertiary alicyclic amines) is 1. The standard InChI is InChI=1S/C25H40N4O.HI/c1-4-27-24(29-15-11-21(12-16-29)18-23(30)26-3)28-19-25(13-6-5-7-14-25)22-10-8-9-20(2)17-22;/h8-10,17,21H,4-7,11-16,18-19H2,1-3H3,(H,26,30)(H,27,28);1H. The minimum absolute atomic E-state index is 0. The van der Waals surface area contributed by atoms with Gasteiger partial charge in [0.2, 0.25) is 5.91 Å². The molecule has 2 fully saturated rings. The number of aliphatic imine (C=N–C) groups is 1. The van der Waals surface area contributed by atoms with Crippen LogP contribution in [-0.4, -0.2) is 50.0 Å². The van der Waals surface area contributed by atoms with Crippen molar-refractivity contribution < 1.29 is 4.79 Å². The minimum Gasteiger partial charge on any atom is -0.359 e. The first-order chi connectivity index (χ1) is 14.6. The maximum absolute atomic E-state index is 11.7. The molecule has 0 bridgehead atoms. The normalized spacial score (nSPS) is 19.5. The van der Waals surface area contributed by atoms with Crippen molar-refractivity contribution in [2.24, 2.45) is 10.9 Å². The average Bonchev–Trinajstić information content (AvgIpc) is 2.78. The number of hydrogen-bond donors (Lipinski definition) is 2. The Kier molecular flexibility index (Phi) is 10.6. The smallest absolute Gasteiger partial charge is 0.220 e. The number of carbonyl (C=O) groups is 1. The number of hydrogen-bond acceptors (Lipinski definition) is 2. The zero-order valence-corrected chi connectivity index (χ0v) is 21.9. The molecule has 1 saturated heterocycles. The van der Waals surface area contributed by atoms with Gasteiger partial charge in [-0.25, -0.2) is 0 Å². The Morgan fingerprint density at radius 1 is 1.19 bits per heavy atom. The summed E-state index contributed by atoms with van der Waals surface area (Å²) < 4.78 is 0. The Morgan fingerprint density at radius 3 is 2.52 bits per heavy atom. The van der Waals surface area contributed by atoms with Gasteiger partial charge in [-0.05, 0) is 51.0 Å². The molecular formula is C25H41IN4O. The van der Waals surface area contributed by atoms with E-state index < -0.39 is 0 Å². The highest BCUT2D eigenvalue weighted by Crippen LogP contribution is 2.40. The number of halogens is 1. The fourth-order valence-electron chi connectivity index (χ4n) is 5.11. The van der Waals surface area contributed by atoms with E-state index >= 15 is 0 Å². The van der Waals surface area contributed by atoms with Crippen LogP contribution in [0.4, 0.5) is 0 Å². The number of nitrogens with one attached hydrogen (secondary N) is 2. The molecule has 174 valence electrons. The SMILES string of the molecule is CCNC(=NCC1(c2cccc(C)c2)CCCCC1)N1CCC(CC(=O)NC)CC1.I. The molecule has 1 aromatic rings. The maximum atomic E-state index is 11.7. The van der Waals surface area contributed by atoms with Crippen molar-refractivity contribution in [1.29, 1.82) is 0 Å². The summed E-state index contributed by atoms with van der Waals surface area (Å²) in [5.74, 6) is 1.70. The highest BCUT2D eigenvalue weighted by Gasteiger charge is 2.34. The average molecular weight is 541 g/mol. The summed E-state index contributed by atoms with van der Waals surface area (Å²) in [6.45, 7) is 8.03. The summed E-state index contributed by atoms with van der Waals surface area (Å²) in [7, 11) is 1.72. The predicted molar refractivity (Wildman–Crippen MR) is 140 cm³/mol. The van der Waals surface area contributed by atoms with Crippen molar-refractivity contribution >= 4 is 35.8 Å². The van der Waals surface area contributed by atoms with Gasteiger partial charge in [-0.3, -0.25) is 9.79 Å². The highest BCUT2D eigenvalue weighted by atomic mass is 127. The molecule has 3 rings (SSSR count). The molecule has 1 saturated carbocycles. The van der Waals surface area contributed by atoms with Gasteiger partial charge in [-0.15, -0.1) is 24.0 Å². The van der Waals surface area contributed by atoms with E-state index in [1.165, 1.54) is 43.2 Å². The number of nitrogens with zero attached hydrogens (tertiary/aromatic N) is 2. The molecule has 31 heavy (non-hydrogen) atoms. The van der Waals surface area contributed by atoms with Crippen LogP contribution in [0.5, 0.6) is 0 Å². The fraction of sp³-hybridized carbons (Fsp3) is 0.680. The van der Waals surface area contributed by atoms with E-state index in [-0.39, 0.29) is 35.3 Å². The van der Waals surface area contributed by atoms with Crippen molar-refractivity contribution in [3.8, 4) is 0 Å². The number of guanidine groups is 1. The third kappa shape index (κ3) is 7.09. The number of amides is 1. The van der Waals surface area contributed by atoms with E-state index in [1.54, 1.807) is 7.05 Å². The van der Waals surface area contributed by atoms with Crippen LogP contribution in [0.15, 0.2) is 29.3 Å². The van der Waals surface area contributed by atoms with Crippen LogP contribution in [0.1, 0.15) is 69.4 Å². The molecule has 1 amide bonds. The molecule has 1 heterocycles. The van der Waals surface area contributed by atoms with E-state index in [1.807, 2.05) is 0 Å². The van der Waals surface area contributed by atoms with Gasteiger partial charge in [0.25, 0.3) is 0 Å². The monoisotopic (exact) mass is 540 g/mol. The van der Waals surface area contributed by atoms with Crippen LogP contribution in [0.3, 0.4) is 0 Å². The number of rotatable bonds is 6. The van der Waals surface area contributed by atoms with Crippen LogP contribution >= 0.6 is 24.0 Å². The zero-order valence-electron chi connectivity index (χ0n) is 19.6. The Hall–Kier alpha value is -1.31. The molecule has 2 aliphatic rings. The molecule has 0 radical (unpaired) electrons. The van der Waals surface area contributed by atoms with Crippen LogP contribution < -0.4 is 10.6 Å². The molecule has 6 heteroatoms. The topological polar surface area (TPSA) is 56.7 Å². The first-order valence-corrected chi connectivity index (χ1v) is 11.9. The molecule has 0 spiro atoms. The van der Waals surface area contributed by atoms with E-state index in [9.17, 15) is 4.79 Å². The number of benzene rings is 1. The fourth-order valence-corrected chi connectivity index (χ4v) is 5.11. The van der Waals surface area contributed by atoms with Gasteiger partial charge in [-0.1, -0.05) is 49.1 Å². The van der Waals surface area contributed by atoms with Gasteiger partial charge in [0, 0.05) is 38.5 Å². The molecule has 2 N–H and O–H groups in total. The number of carbonyl (C=O) groups excluding carboxylic acids is 1. The van der Waals surface area contributed by atoms with Crippen molar-refractivity contribution in [2.45, 2.75) is 70.6 Å². The summed E-state index contributed by atoms with van der Waals surface area (Å²) >= 11 is 0. The maximum Gasteiger partial charge on any atom is 0.220 e. The third-order valence-electron chi connectivity index (χ3n) is 6.97. The Balaban J connectivity index is 0.00000341. The van der Waals surface area contributed by atoms with Crippen molar-refractivity contribution in [2.75, 3.05) is 33.2 Å². The lowest BCUT2D eigenvalue weighted by molar-refractivity contribution is -0.121. The second-order valence-corrected chi connectivity index (χ2v) is 9.19. The van der Waals surface area contributed by atoms with E-state index in [0.717, 1.165) is 45.0 Å². The van der Waals surface area contributed by atoms with Gasteiger partial charge in [-0.2, -0.15) is 0 Å². The van der Waals surface area contributed by atoms with E-state index in [4.69, 9.17) is 4.99 Å². The quantitative estimate of drug-likeness (QED) is 0.315. The number of aryl methyl sites for hydroxylation is 1. The highest BCUT2D eigenvalue weighted by molar-refractivity contribution is 14.0. The largest absolute Gasteiger partial charge is 0.359 e. The van der Waals surface area contributed by atoms with Crippen molar-refractivity contribution in [3.63, 3.8) is 0 Å². The Morgan fingerprint density at radius 2 is 1.90 bits per heavy atom. The summed E-state index contributed by atoms with van der Waals surface area (Å²) in [5.41, 5.74) is 2.97. The molecule has 1 aliphatic heterocycles. The minimum atomic E-state index is 0. The predicted octanol–water partition coefficient (Wildman–Crippen LogP) is 4.63. The van der Waals surface area contributed by atoms with Crippen molar-refractivity contribution in [3.05, 3.63) is 35.4 Å². The summed E-state index contributed by atoms with van der Waals surface area (Å²) in [5, 5.41) is 6.29. The molecule has 0 unspecified atom stereocenters. The Bertz CT molecular complexity index is 722. The van der Waals surface area contributed by atoms with E-state index in [2.05, 4.69) is 53.6 Å². The lowest BCUT2D eigenvalue weighted by atomic mass is 9.69. The van der Waals surface area contributed by atoms with Gasteiger partial charge in [0.1, 0.15) is 0 Å². The lowest BCUT2D eigenvalue weighted by Gasteiger charge is -2.38. The summed E-state index contributed by atoms with van der Waals surface area (Å²) in [6, 6.07) is 9.08. The molecular weight excluding hydrogens is 499 g/mol. The Labute approximate surface area is 205 Å². The van der Waals surface area contributed by atoms with Crippen LogP contribution in [0.25, 0.3) is 0 Å². The third-order valence-corrected chi connectivity index (χ3v) is 6.97. The molecule has 0 aromatic heterocycles. The van der Waals surface area contributed by atoms with Crippen LogP contribution in [0.2, 0.25) is 0 Å². The van der Waals surface area contributed by atoms with Crippen LogP contribution in [0, 0.1) is 12.8 Å². The second-order valence-electron chi connectivity index (χ2n) is 9.19. The zero-order chi connectivity index (χ0) is 21.4. The molecule has 5 nitrogen and oxygen atoms in total. The van der Waals surface area contributed by atoms with Crippen LogP contribution in [-0.2, 0) is 10.2 Å². The lowest BCUT2D eigenvalue weighted by Crippen LogP contribution is -2.47. The molecule has 1 aromatic carbocycles. The van der Waals surface area contributed by atoms with Crippen molar-refractivity contribution in [1.82, 2.24) is 15.5 Å².